The van der Waals surface area contributed by atoms with E-state index in [1.54, 1.807) is 0 Å². The first-order valence-electron chi connectivity index (χ1n) is 5.69. The number of amides is 1. The second-order valence-electron chi connectivity index (χ2n) is 3.89. The molecule has 0 atom stereocenters. The molecule has 0 saturated carbocycles. The number of carbonyl (C=O) groups is 1. The van der Waals surface area contributed by atoms with Crippen LogP contribution in [0.1, 0.15) is 0 Å². The predicted octanol–water partition coefficient (Wildman–Crippen LogP) is 4.10. The number of hydrogen-bond acceptors (Lipinski definition) is 2. The van der Waals surface area contributed by atoms with E-state index >= 15 is 0 Å². The van der Waals surface area contributed by atoms with Gasteiger partial charge in [0.15, 0.2) is 0 Å². The Balaban J connectivity index is 1.88. The van der Waals surface area contributed by atoms with E-state index in [-0.39, 0.29) is 12.5 Å². The second kappa shape index (κ2) is 6.91. The normalized spacial score (nSPS) is 10.0. The van der Waals surface area contributed by atoms with Crippen LogP contribution in [0.3, 0.4) is 0 Å². The van der Waals surface area contributed by atoms with Crippen LogP contribution in [0.25, 0.3) is 0 Å². The largest absolute Gasteiger partial charge is 0.375 e. The molecular weight excluding hydrogens is 419 g/mol. The standard InChI is InChI=1S/C14H12BrIN2O/c15-12-3-1-2-4-13(12)17-9-14(19)18-11-7-5-10(16)6-8-11/h1-8,17H,9H2,(H,18,19). The molecule has 5 heteroatoms. The number of benzene rings is 2. The summed E-state index contributed by atoms with van der Waals surface area (Å²) in [6, 6.07) is 15.4. The van der Waals surface area contributed by atoms with E-state index in [1.807, 2.05) is 48.5 Å². The van der Waals surface area contributed by atoms with Gasteiger partial charge in [-0.05, 0) is 74.9 Å². The number of carbonyl (C=O) groups excluding carboxylic acids is 1. The molecule has 0 radical (unpaired) electrons. The molecule has 19 heavy (non-hydrogen) atoms. The minimum atomic E-state index is -0.0723. The predicted molar refractivity (Wildman–Crippen MR) is 90.4 cm³/mol. The number of rotatable bonds is 4. The molecule has 2 aromatic rings. The van der Waals surface area contributed by atoms with Gasteiger partial charge in [-0.3, -0.25) is 4.79 Å². The summed E-state index contributed by atoms with van der Waals surface area (Å²) in [6.07, 6.45) is 0. The van der Waals surface area contributed by atoms with E-state index in [9.17, 15) is 4.79 Å². The van der Waals surface area contributed by atoms with Crippen molar-refractivity contribution in [3.8, 4) is 0 Å². The average molecular weight is 431 g/mol. The number of nitrogens with one attached hydrogen (secondary N) is 2. The molecular formula is C14H12BrIN2O. The van der Waals surface area contributed by atoms with Crippen LogP contribution in [0.2, 0.25) is 0 Å². The highest BCUT2D eigenvalue weighted by molar-refractivity contribution is 14.1. The molecule has 1 amide bonds. The lowest BCUT2D eigenvalue weighted by atomic mass is 10.3. The molecule has 0 spiro atoms. The molecule has 0 aromatic heterocycles. The lowest BCUT2D eigenvalue weighted by Gasteiger charge is -2.09. The Morgan fingerprint density at radius 3 is 2.47 bits per heavy atom. The van der Waals surface area contributed by atoms with Gasteiger partial charge >= 0.3 is 0 Å². The summed E-state index contributed by atoms with van der Waals surface area (Å²) < 4.78 is 2.08. The number of anilines is 2. The van der Waals surface area contributed by atoms with Crippen LogP contribution in [-0.2, 0) is 4.79 Å². The maximum atomic E-state index is 11.8. The third kappa shape index (κ3) is 4.50. The molecule has 0 unspecified atom stereocenters. The van der Waals surface area contributed by atoms with E-state index in [2.05, 4.69) is 49.2 Å². The zero-order valence-electron chi connectivity index (χ0n) is 9.99. The van der Waals surface area contributed by atoms with Crippen LogP contribution in [0, 0.1) is 3.57 Å². The lowest BCUT2D eigenvalue weighted by molar-refractivity contribution is -0.114. The van der Waals surface area contributed by atoms with Crippen molar-refractivity contribution in [2.45, 2.75) is 0 Å². The van der Waals surface area contributed by atoms with Gasteiger partial charge in [0.2, 0.25) is 5.91 Å². The number of hydrogen-bond donors (Lipinski definition) is 2. The van der Waals surface area contributed by atoms with Crippen LogP contribution >= 0.6 is 38.5 Å². The summed E-state index contributed by atoms with van der Waals surface area (Å²) in [5, 5.41) is 5.92. The first-order valence-corrected chi connectivity index (χ1v) is 7.56. The Morgan fingerprint density at radius 1 is 1.11 bits per heavy atom. The average Bonchev–Trinajstić information content (AvgIpc) is 2.40. The second-order valence-corrected chi connectivity index (χ2v) is 5.99. The molecule has 2 rings (SSSR count). The fourth-order valence-corrected chi connectivity index (χ4v) is 2.30. The molecule has 3 nitrogen and oxygen atoms in total. The van der Waals surface area contributed by atoms with E-state index in [0.29, 0.717) is 0 Å². The fraction of sp³-hybridized carbons (Fsp3) is 0.0714. The van der Waals surface area contributed by atoms with Crippen molar-refractivity contribution in [2.75, 3.05) is 17.2 Å². The van der Waals surface area contributed by atoms with Crippen LogP contribution in [0.5, 0.6) is 0 Å². The third-order valence-electron chi connectivity index (χ3n) is 2.44. The van der Waals surface area contributed by atoms with Gasteiger partial charge < -0.3 is 10.6 Å². The van der Waals surface area contributed by atoms with Gasteiger partial charge in [0.05, 0.1) is 6.54 Å². The van der Waals surface area contributed by atoms with Crippen molar-refractivity contribution >= 4 is 55.8 Å². The van der Waals surface area contributed by atoms with Gasteiger partial charge in [0, 0.05) is 19.4 Å². The summed E-state index contributed by atoms with van der Waals surface area (Å²) >= 11 is 5.65. The van der Waals surface area contributed by atoms with Crippen LogP contribution in [-0.4, -0.2) is 12.5 Å². The molecule has 98 valence electrons. The summed E-state index contributed by atoms with van der Waals surface area (Å²) in [5.74, 6) is -0.0723. The highest BCUT2D eigenvalue weighted by atomic mass is 127. The van der Waals surface area contributed by atoms with Crippen molar-refractivity contribution < 1.29 is 4.79 Å². The smallest absolute Gasteiger partial charge is 0.243 e. The summed E-state index contributed by atoms with van der Waals surface area (Å²) in [5.41, 5.74) is 1.71. The van der Waals surface area contributed by atoms with Gasteiger partial charge in [-0.15, -0.1) is 0 Å². The highest BCUT2D eigenvalue weighted by Crippen LogP contribution is 2.20. The van der Waals surface area contributed by atoms with Crippen LogP contribution in [0.15, 0.2) is 53.0 Å². The molecule has 0 heterocycles. The Bertz CT molecular complexity index is 572. The van der Waals surface area contributed by atoms with Crippen molar-refractivity contribution in [1.29, 1.82) is 0 Å². The van der Waals surface area contributed by atoms with Crippen LogP contribution in [0.4, 0.5) is 11.4 Å². The quantitative estimate of drug-likeness (QED) is 0.717. The molecule has 0 aliphatic carbocycles. The van der Waals surface area contributed by atoms with E-state index in [0.717, 1.165) is 19.4 Å². The molecule has 2 aromatic carbocycles. The molecule has 0 fully saturated rings. The van der Waals surface area contributed by atoms with Gasteiger partial charge in [-0.1, -0.05) is 12.1 Å². The zero-order chi connectivity index (χ0) is 13.7. The minimum absolute atomic E-state index is 0.0723. The molecule has 0 saturated heterocycles. The summed E-state index contributed by atoms with van der Waals surface area (Å²) in [6.45, 7) is 0.231. The number of halogens is 2. The van der Waals surface area contributed by atoms with E-state index in [1.165, 1.54) is 0 Å². The summed E-state index contributed by atoms with van der Waals surface area (Å²) in [4.78, 5) is 11.8. The van der Waals surface area contributed by atoms with E-state index < -0.39 is 0 Å². The maximum Gasteiger partial charge on any atom is 0.243 e. The van der Waals surface area contributed by atoms with Crippen molar-refractivity contribution in [1.82, 2.24) is 0 Å². The third-order valence-corrected chi connectivity index (χ3v) is 3.85. The minimum Gasteiger partial charge on any atom is -0.375 e. The van der Waals surface area contributed by atoms with Gasteiger partial charge in [0.25, 0.3) is 0 Å². The Hall–Kier alpha value is -1.08. The molecule has 2 N–H and O–H groups in total. The maximum absolute atomic E-state index is 11.8. The lowest BCUT2D eigenvalue weighted by Crippen LogP contribution is -2.21. The topological polar surface area (TPSA) is 41.1 Å². The Labute approximate surface area is 134 Å². The van der Waals surface area contributed by atoms with Crippen molar-refractivity contribution in [3.63, 3.8) is 0 Å². The first kappa shape index (κ1) is 14.3. The highest BCUT2D eigenvalue weighted by Gasteiger charge is 2.03. The van der Waals surface area contributed by atoms with Gasteiger partial charge in [0.1, 0.15) is 0 Å². The van der Waals surface area contributed by atoms with Crippen molar-refractivity contribution in [2.24, 2.45) is 0 Å². The fourth-order valence-electron chi connectivity index (χ4n) is 1.52. The SMILES string of the molecule is O=C(CNc1ccccc1Br)Nc1ccc(I)cc1. The zero-order valence-corrected chi connectivity index (χ0v) is 13.7. The Kier molecular flexibility index (Phi) is 5.21. The first-order chi connectivity index (χ1) is 9.15. The molecule has 0 bridgehead atoms. The summed E-state index contributed by atoms with van der Waals surface area (Å²) in [7, 11) is 0. The van der Waals surface area contributed by atoms with Gasteiger partial charge in [-0.25, -0.2) is 0 Å². The molecule has 0 aliphatic rings. The van der Waals surface area contributed by atoms with Crippen molar-refractivity contribution in [3.05, 3.63) is 56.6 Å². The number of para-hydroxylation sites is 1. The molecule has 0 aliphatic heterocycles. The van der Waals surface area contributed by atoms with Crippen LogP contribution < -0.4 is 10.6 Å². The van der Waals surface area contributed by atoms with E-state index in [4.69, 9.17) is 0 Å². The monoisotopic (exact) mass is 430 g/mol. The van der Waals surface area contributed by atoms with Gasteiger partial charge in [-0.2, -0.15) is 0 Å². The Morgan fingerprint density at radius 2 is 1.79 bits per heavy atom.